The summed E-state index contributed by atoms with van der Waals surface area (Å²) < 4.78 is 49.4. The van der Waals surface area contributed by atoms with Gasteiger partial charge in [0.15, 0.2) is 0 Å². The van der Waals surface area contributed by atoms with Gasteiger partial charge in [-0.25, -0.2) is 0 Å². The van der Waals surface area contributed by atoms with Crippen LogP contribution < -0.4 is 21.3 Å². The van der Waals surface area contributed by atoms with Crippen molar-refractivity contribution in [3.05, 3.63) is 154 Å². The zero-order valence-electron chi connectivity index (χ0n) is 46.0. The molecule has 0 spiro atoms. The smallest absolute Gasteiger partial charge is 0.246 e. The average Bonchev–Trinajstić information content (AvgIpc) is 3.45. The molecule has 4 aromatic rings. The van der Waals surface area contributed by atoms with Crippen LogP contribution in [-0.2, 0) is 62.6 Å². The van der Waals surface area contributed by atoms with Crippen molar-refractivity contribution in [2.45, 2.75) is 64.1 Å². The molecule has 4 N–H and O–H groups in total. The van der Waals surface area contributed by atoms with Crippen LogP contribution in [0, 0.1) is 19.8 Å². The molecular formula is C59H84N7O12. The first-order chi connectivity index (χ1) is 38.1. The van der Waals surface area contributed by atoms with Crippen LogP contribution in [0.5, 0.6) is 0 Å². The molecule has 0 aromatic heterocycles. The summed E-state index contributed by atoms with van der Waals surface area (Å²) in [4.78, 5) is 43.6. The zero-order chi connectivity index (χ0) is 55.7. The average molecular weight is 1080 g/mol. The summed E-state index contributed by atoms with van der Waals surface area (Å²) in [6, 6.07) is 34.9. The number of hydrogen-bond donors (Lipinski definition) is 4. The highest BCUT2D eigenvalue weighted by Gasteiger charge is 2.36. The van der Waals surface area contributed by atoms with Gasteiger partial charge < -0.3 is 58.6 Å². The number of nitrogens with zero attached hydrogens (tertiary/aromatic N) is 3. The molecule has 0 aliphatic rings. The van der Waals surface area contributed by atoms with Crippen molar-refractivity contribution in [3.63, 3.8) is 0 Å². The van der Waals surface area contributed by atoms with Gasteiger partial charge in [0.05, 0.1) is 124 Å². The van der Waals surface area contributed by atoms with E-state index in [9.17, 15) is 14.4 Å². The van der Waals surface area contributed by atoms with E-state index in [4.69, 9.17) is 48.2 Å². The molecule has 0 heterocycles. The SMILES string of the molecule is [CH2]c1ccc(NC(=O)[C@H](CCCCNC(c2ccccc2)(c2ccccc2)c2ccc(C)cc2)NC(=O)[C@@H](NC(=O)CCOCCOCCOCCOCCOCCOCCOCCOCCOCCN=[N+]=[N-])C(C)C)cc1. The summed E-state index contributed by atoms with van der Waals surface area (Å²) in [6.45, 7) is 17.9. The Kier molecular flexibility index (Phi) is 33.5. The first-order valence-electron chi connectivity index (χ1n) is 27.1. The summed E-state index contributed by atoms with van der Waals surface area (Å²) in [6.07, 6.45) is 1.74. The molecule has 0 aliphatic heterocycles. The number of benzene rings is 4. The van der Waals surface area contributed by atoms with Gasteiger partial charge in [-0.15, -0.1) is 0 Å². The fraction of sp³-hybridized carbons (Fsp3) is 0.525. The van der Waals surface area contributed by atoms with Crippen LogP contribution in [0.1, 0.15) is 67.3 Å². The number of amides is 3. The fourth-order valence-corrected chi connectivity index (χ4v) is 8.04. The predicted octanol–water partition coefficient (Wildman–Crippen LogP) is 7.34. The quantitative estimate of drug-likeness (QED) is 0.0112. The number of carbonyl (C=O) groups is 3. The second-order valence-electron chi connectivity index (χ2n) is 18.5. The standard InChI is InChI=1S/C59H84N7O12/c1-47(2)56(65-55(67)26-29-70-31-33-72-35-37-74-39-41-76-43-45-78-46-44-77-42-40-75-38-36-73-34-32-71-30-28-62-66-60)58(69)64-54(57(68)63-53-24-20-49(4)21-25-53)17-11-12-27-61-59(50-13-7-5-8-14-50,51-15-9-6-10-16-51)52-22-18-48(3)19-23-52/h5-10,13-16,18-25,47,54,56,61H,4,11-12,17,26-46H2,1-3H3,(H,63,68)(H,64,69)(H,65,67)/t54-,56-/m0/s1. The van der Waals surface area contributed by atoms with Crippen LogP contribution in [0.2, 0.25) is 0 Å². The van der Waals surface area contributed by atoms with Crippen LogP contribution in [-0.4, -0.2) is 162 Å². The van der Waals surface area contributed by atoms with Crippen LogP contribution in [0.4, 0.5) is 5.69 Å². The monoisotopic (exact) mass is 1080 g/mol. The fourth-order valence-electron chi connectivity index (χ4n) is 8.04. The van der Waals surface area contributed by atoms with Gasteiger partial charge in [-0.1, -0.05) is 122 Å². The molecule has 19 heteroatoms. The molecule has 1 radical (unpaired) electrons. The number of azide groups is 1. The molecule has 4 rings (SSSR count). The van der Waals surface area contributed by atoms with E-state index >= 15 is 0 Å². The molecule has 0 fully saturated rings. The maximum atomic E-state index is 13.9. The van der Waals surface area contributed by atoms with Crippen LogP contribution in [0.25, 0.3) is 10.4 Å². The number of nitrogens with one attached hydrogen (secondary N) is 4. The summed E-state index contributed by atoms with van der Waals surface area (Å²) >= 11 is 0. The summed E-state index contributed by atoms with van der Waals surface area (Å²) in [5.41, 5.74) is 13.5. The van der Waals surface area contributed by atoms with Gasteiger partial charge in [-0.2, -0.15) is 0 Å². The van der Waals surface area contributed by atoms with E-state index in [1.807, 2.05) is 38.1 Å². The minimum Gasteiger partial charge on any atom is -0.379 e. The second kappa shape index (κ2) is 40.4. The molecule has 3 amide bonds. The Morgan fingerprint density at radius 1 is 0.551 bits per heavy atom. The highest BCUT2D eigenvalue weighted by atomic mass is 16.6. The summed E-state index contributed by atoms with van der Waals surface area (Å²) in [5, 5.41) is 16.1. The number of carbonyl (C=O) groups excluding carboxylic acids is 3. The van der Waals surface area contributed by atoms with Gasteiger partial charge in [0.1, 0.15) is 12.1 Å². The van der Waals surface area contributed by atoms with E-state index < -0.39 is 23.5 Å². The molecule has 2 atom stereocenters. The van der Waals surface area contributed by atoms with E-state index in [2.05, 4.69) is 118 Å². The Morgan fingerprint density at radius 2 is 0.987 bits per heavy atom. The van der Waals surface area contributed by atoms with Crippen molar-refractivity contribution >= 4 is 23.4 Å². The number of aryl methyl sites for hydroxylation is 1. The molecule has 0 bridgehead atoms. The van der Waals surface area contributed by atoms with E-state index in [0.29, 0.717) is 144 Å². The maximum absolute atomic E-state index is 13.9. The lowest BCUT2D eigenvalue weighted by Gasteiger charge is -2.37. The minimum absolute atomic E-state index is 0.0448. The van der Waals surface area contributed by atoms with E-state index in [1.54, 1.807) is 12.1 Å². The Balaban J connectivity index is 1.08. The molecule has 4 aromatic carbocycles. The summed E-state index contributed by atoms with van der Waals surface area (Å²) in [5.74, 6) is -1.39. The topological polar surface area (TPSA) is 231 Å². The molecule has 0 saturated carbocycles. The Labute approximate surface area is 461 Å². The number of unbranched alkanes of at least 4 members (excludes halogenated alkanes) is 1. The first kappa shape index (κ1) is 64.7. The minimum atomic E-state index is -0.878. The Bertz CT molecular complexity index is 2220. The third kappa shape index (κ3) is 26.2. The van der Waals surface area contributed by atoms with Crippen molar-refractivity contribution in [1.29, 1.82) is 0 Å². The molecular weight excluding hydrogens is 999 g/mol. The van der Waals surface area contributed by atoms with Gasteiger partial charge in [0.25, 0.3) is 0 Å². The van der Waals surface area contributed by atoms with Crippen molar-refractivity contribution < 1.29 is 57.0 Å². The first-order valence-corrected chi connectivity index (χ1v) is 27.1. The normalized spacial score (nSPS) is 12.2. The molecule has 427 valence electrons. The molecule has 0 unspecified atom stereocenters. The highest BCUT2D eigenvalue weighted by Crippen LogP contribution is 2.37. The van der Waals surface area contributed by atoms with Gasteiger partial charge in [-0.05, 0) is 85.5 Å². The Morgan fingerprint density at radius 3 is 1.44 bits per heavy atom. The lowest BCUT2D eigenvalue weighted by Crippen LogP contribution is -2.54. The predicted molar refractivity (Wildman–Crippen MR) is 300 cm³/mol. The molecule has 78 heavy (non-hydrogen) atoms. The van der Waals surface area contributed by atoms with E-state index in [-0.39, 0.29) is 37.4 Å². The van der Waals surface area contributed by atoms with Crippen LogP contribution >= 0.6 is 0 Å². The van der Waals surface area contributed by atoms with Gasteiger partial charge in [0.2, 0.25) is 17.7 Å². The van der Waals surface area contributed by atoms with Crippen molar-refractivity contribution in [3.8, 4) is 0 Å². The number of rotatable bonds is 45. The van der Waals surface area contributed by atoms with Gasteiger partial charge >= 0.3 is 0 Å². The van der Waals surface area contributed by atoms with Crippen LogP contribution in [0.15, 0.2) is 114 Å². The zero-order valence-corrected chi connectivity index (χ0v) is 46.0. The van der Waals surface area contributed by atoms with Crippen molar-refractivity contribution in [2.24, 2.45) is 11.0 Å². The number of ether oxygens (including phenoxy) is 9. The molecule has 0 saturated heterocycles. The van der Waals surface area contributed by atoms with Gasteiger partial charge in [-0.3, -0.25) is 19.7 Å². The largest absolute Gasteiger partial charge is 0.379 e. The van der Waals surface area contributed by atoms with E-state index in [1.165, 1.54) is 5.56 Å². The van der Waals surface area contributed by atoms with Crippen molar-refractivity contribution in [1.82, 2.24) is 16.0 Å². The number of hydrogen-bond acceptors (Lipinski definition) is 14. The Hall–Kier alpha value is -5.80. The van der Waals surface area contributed by atoms with E-state index in [0.717, 1.165) is 22.3 Å². The molecule has 19 nitrogen and oxygen atoms in total. The maximum Gasteiger partial charge on any atom is 0.246 e. The third-order valence-electron chi connectivity index (χ3n) is 12.2. The number of anilines is 1. The van der Waals surface area contributed by atoms with Crippen LogP contribution in [0.3, 0.4) is 0 Å². The second-order valence-corrected chi connectivity index (χ2v) is 18.5. The highest BCUT2D eigenvalue weighted by molar-refractivity contribution is 5.98. The lowest BCUT2D eigenvalue weighted by atomic mass is 9.76. The van der Waals surface area contributed by atoms with Gasteiger partial charge in [0, 0.05) is 23.6 Å². The summed E-state index contributed by atoms with van der Waals surface area (Å²) in [7, 11) is 0. The third-order valence-corrected chi connectivity index (χ3v) is 12.2. The molecule has 0 aliphatic carbocycles. The van der Waals surface area contributed by atoms with Crippen molar-refractivity contribution in [2.75, 3.05) is 137 Å². The lowest BCUT2D eigenvalue weighted by molar-refractivity contribution is -0.132.